The molecule has 0 spiro atoms. The van der Waals surface area contributed by atoms with Gasteiger partial charge in [-0.05, 0) is 32.9 Å². The molecule has 0 atom stereocenters. The molecule has 0 aliphatic heterocycles. The van der Waals surface area contributed by atoms with E-state index < -0.39 is 0 Å². The highest BCUT2D eigenvalue weighted by Gasteiger charge is 2.07. The Hall–Kier alpha value is -0.850. The van der Waals surface area contributed by atoms with Crippen LogP contribution in [0.5, 0.6) is 0 Å². The van der Waals surface area contributed by atoms with Crippen molar-refractivity contribution in [2.75, 3.05) is 17.7 Å². The van der Waals surface area contributed by atoms with Gasteiger partial charge in [0.2, 0.25) is 5.95 Å². The molecular weight excluding hydrogens is 324 g/mol. The Morgan fingerprint density at radius 1 is 1.47 bits per heavy atom. The molecular formula is C10H10BrClN4S. The Balaban J connectivity index is 2.16. The quantitative estimate of drug-likeness (QED) is 0.877. The van der Waals surface area contributed by atoms with E-state index >= 15 is 0 Å². The number of anilines is 2. The van der Waals surface area contributed by atoms with Crippen LogP contribution in [0.15, 0.2) is 21.3 Å². The van der Waals surface area contributed by atoms with Crippen LogP contribution in [-0.4, -0.2) is 17.0 Å². The summed E-state index contributed by atoms with van der Waals surface area (Å²) in [6.07, 6.45) is 0. The van der Waals surface area contributed by atoms with E-state index in [0.717, 1.165) is 10.3 Å². The summed E-state index contributed by atoms with van der Waals surface area (Å²) in [5.41, 5.74) is 6.76. The van der Waals surface area contributed by atoms with Crippen LogP contribution < -0.4 is 10.6 Å². The van der Waals surface area contributed by atoms with Crippen LogP contribution >= 0.6 is 38.9 Å². The van der Waals surface area contributed by atoms with Crippen molar-refractivity contribution in [1.29, 1.82) is 0 Å². The molecule has 4 nitrogen and oxygen atoms in total. The summed E-state index contributed by atoms with van der Waals surface area (Å²) >= 11 is 10.9. The highest BCUT2D eigenvalue weighted by molar-refractivity contribution is 9.11. The Bertz CT molecular complexity index is 511. The number of hydrogen-bond acceptors (Lipinski definition) is 5. The first-order valence-corrected chi connectivity index (χ1v) is 6.84. The minimum absolute atomic E-state index is 0.186. The maximum Gasteiger partial charge on any atom is 0.223 e. The topological polar surface area (TPSA) is 55.0 Å². The van der Waals surface area contributed by atoms with Crippen LogP contribution in [0.1, 0.15) is 5.56 Å². The molecule has 0 bridgehead atoms. The van der Waals surface area contributed by atoms with Gasteiger partial charge in [0.15, 0.2) is 0 Å². The predicted molar refractivity (Wildman–Crippen MR) is 75.6 cm³/mol. The molecule has 7 heteroatoms. The number of aromatic nitrogens is 2. The fraction of sp³-hybridized carbons (Fsp3) is 0.200. The molecule has 90 valence electrons. The Labute approximate surface area is 117 Å². The number of hydrogen-bond donors (Lipinski definition) is 1. The monoisotopic (exact) mass is 332 g/mol. The number of halogens is 2. The average Bonchev–Trinajstić information content (AvgIpc) is 2.62. The van der Waals surface area contributed by atoms with Crippen LogP contribution in [-0.2, 0) is 6.54 Å². The molecule has 0 aliphatic carbocycles. The zero-order valence-electron chi connectivity index (χ0n) is 9.02. The second kappa shape index (κ2) is 5.20. The van der Waals surface area contributed by atoms with Crippen molar-refractivity contribution >= 4 is 50.6 Å². The van der Waals surface area contributed by atoms with Gasteiger partial charge in [0.25, 0.3) is 0 Å². The van der Waals surface area contributed by atoms with E-state index in [1.54, 1.807) is 17.4 Å². The van der Waals surface area contributed by atoms with Crippen molar-refractivity contribution in [3.8, 4) is 0 Å². The molecule has 0 amide bonds. The Morgan fingerprint density at radius 2 is 2.24 bits per heavy atom. The number of nitrogens with zero attached hydrogens (tertiary/aromatic N) is 3. The van der Waals surface area contributed by atoms with Crippen molar-refractivity contribution in [3.63, 3.8) is 0 Å². The molecule has 0 saturated carbocycles. The van der Waals surface area contributed by atoms with E-state index in [4.69, 9.17) is 17.3 Å². The second-order valence-electron chi connectivity index (χ2n) is 3.52. The molecule has 0 unspecified atom stereocenters. The van der Waals surface area contributed by atoms with E-state index in [1.807, 2.05) is 11.9 Å². The fourth-order valence-corrected chi connectivity index (χ4v) is 2.79. The van der Waals surface area contributed by atoms with E-state index in [0.29, 0.717) is 11.0 Å². The summed E-state index contributed by atoms with van der Waals surface area (Å²) in [7, 11) is 1.93. The van der Waals surface area contributed by atoms with Crippen LogP contribution in [0, 0.1) is 0 Å². The zero-order chi connectivity index (χ0) is 12.4. The standard InChI is InChI=1S/C10H10BrClN4S/c1-16(4-6-2-7(11)17-5-6)9-3-8(12)14-10(13)15-9/h2-3,5H,4H2,1H3,(H2,13,14,15). The highest BCUT2D eigenvalue weighted by atomic mass is 79.9. The number of nitrogens with two attached hydrogens (primary N) is 1. The maximum absolute atomic E-state index is 5.84. The van der Waals surface area contributed by atoms with Crippen molar-refractivity contribution in [2.24, 2.45) is 0 Å². The van der Waals surface area contributed by atoms with Crippen LogP contribution in [0.2, 0.25) is 5.15 Å². The zero-order valence-corrected chi connectivity index (χ0v) is 12.2. The van der Waals surface area contributed by atoms with Gasteiger partial charge in [0.05, 0.1) is 3.79 Å². The first kappa shape index (κ1) is 12.6. The van der Waals surface area contributed by atoms with E-state index in [1.165, 1.54) is 5.56 Å². The first-order valence-electron chi connectivity index (χ1n) is 4.78. The molecule has 2 aromatic heterocycles. The third-order valence-corrected chi connectivity index (χ3v) is 3.88. The van der Waals surface area contributed by atoms with Gasteiger partial charge >= 0.3 is 0 Å². The summed E-state index contributed by atoms with van der Waals surface area (Å²) in [4.78, 5) is 9.94. The van der Waals surface area contributed by atoms with E-state index in [2.05, 4.69) is 37.3 Å². The van der Waals surface area contributed by atoms with Crippen molar-refractivity contribution in [1.82, 2.24) is 9.97 Å². The number of nitrogen functional groups attached to an aromatic ring is 1. The Kier molecular flexibility index (Phi) is 3.86. The van der Waals surface area contributed by atoms with Crippen LogP contribution in [0.4, 0.5) is 11.8 Å². The first-order chi connectivity index (χ1) is 8.04. The Morgan fingerprint density at radius 3 is 2.82 bits per heavy atom. The molecule has 2 rings (SSSR count). The largest absolute Gasteiger partial charge is 0.368 e. The van der Waals surface area contributed by atoms with Crippen molar-refractivity contribution in [3.05, 3.63) is 32.0 Å². The molecule has 0 aromatic carbocycles. The van der Waals surface area contributed by atoms with Gasteiger partial charge < -0.3 is 10.6 Å². The molecule has 2 aromatic rings. The van der Waals surface area contributed by atoms with Crippen molar-refractivity contribution < 1.29 is 0 Å². The molecule has 0 radical (unpaired) electrons. The van der Waals surface area contributed by atoms with E-state index in [9.17, 15) is 0 Å². The summed E-state index contributed by atoms with van der Waals surface area (Å²) < 4.78 is 1.11. The smallest absolute Gasteiger partial charge is 0.223 e. The average molecular weight is 334 g/mol. The predicted octanol–water partition coefficient (Wildman–Crippen LogP) is 3.17. The van der Waals surface area contributed by atoms with Gasteiger partial charge in [-0.3, -0.25) is 0 Å². The molecule has 0 fully saturated rings. The lowest BCUT2D eigenvalue weighted by atomic mass is 10.3. The normalized spacial score (nSPS) is 10.5. The van der Waals surface area contributed by atoms with Gasteiger partial charge in [-0.1, -0.05) is 11.6 Å². The van der Waals surface area contributed by atoms with Gasteiger partial charge in [0.1, 0.15) is 11.0 Å². The fourth-order valence-electron chi connectivity index (χ4n) is 1.40. The number of thiophene rings is 1. The third kappa shape index (κ3) is 3.31. The lowest BCUT2D eigenvalue weighted by molar-refractivity contribution is 0.897. The SMILES string of the molecule is CN(Cc1csc(Br)c1)c1cc(Cl)nc(N)n1. The maximum atomic E-state index is 5.84. The molecule has 17 heavy (non-hydrogen) atoms. The highest BCUT2D eigenvalue weighted by Crippen LogP contribution is 2.23. The van der Waals surface area contributed by atoms with Crippen LogP contribution in [0.3, 0.4) is 0 Å². The van der Waals surface area contributed by atoms with Crippen molar-refractivity contribution in [2.45, 2.75) is 6.54 Å². The number of rotatable bonds is 3. The third-order valence-electron chi connectivity index (χ3n) is 2.13. The summed E-state index contributed by atoms with van der Waals surface area (Å²) in [6, 6.07) is 3.77. The summed E-state index contributed by atoms with van der Waals surface area (Å²) in [5, 5.41) is 2.44. The van der Waals surface area contributed by atoms with Gasteiger partial charge in [-0.25, -0.2) is 4.98 Å². The lowest BCUT2D eigenvalue weighted by Crippen LogP contribution is -2.18. The second-order valence-corrected chi connectivity index (χ2v) is 6.20. The minimum Gasteiger partial charge on any atom is -0.368 e. The molecule has 2 heterocycles. The molecule has 0 saturated heterocycles. The molecule has 0 aliphatic rings. The van der Waals surface area contributed by atoms with Gasteiger partial charge in [-0.15, -0.1) is 11.3 Å². The summed E-state index contributed by atoms with van der Waals surface area (Å²) in [5.74, 6) is 0.899. The van der Waals surface area contributed by atoms with Crippen LogP contribution in [0.25, 0.3) is 0 Å². The minimum atomic E-state index is 0.186. The lowest BCUT2D eigenvalue weighted by Gasteiger charge is -2.17. The van der Waals surface area contributed by atoms with Gasteiger partial charge in [0, 0.05) is 19.7 Å². The van der Waals surface area contributed by atoms with E-state index in [-0.39, 0.29) is 5.95 Å². The van der Waals surface area contributed by atoms with Gasteiger partial charge in [-0.2, -0.15) is 4.98 Å². The molecule has 2 N–H and O–H groups in total. The summed E-state index contributed by atoms with van der Waals surface area (Å²) in [6.45, 7) is 0.745.